The van der Waals surface area contributed by atoms with E-state index in [4.69, 9.17) is 19.4 Å². The van der Waals surface area contributed by atoms with Gasteiger partial charge in [0.05, 0.1) is 76.6 Å². The van der Waals surface area contributed by atoms with Crippen molar-refractivity contribution in [2.24, 2.45) is 11.8 Å². The second-order valence-electron chi connectivity index (χ2n) is 23.0. The van der Waals surface area contributed by atoms with Crippen LogP contribution in [0.4, 0.5) is 15.3 Å². The maximum absolute atomic E-state index is 14.2. The number of H-pyrrole nitrogens is 2. The Kier molecular flexibility index (Phi) is 13.6. The summed E-state index contributed by atoms with van der Waals surface area (Å²) in [6.07, 6.45) is 1.97. The van der Waals surface area contributed by atoms with Gasteiger partial charge in [-0.3, -0.25) is 9.59 Å². The Balaban J connectivity index is 1.11. The molecule has 0 bridgehead atoms. The van der Waals surface area contributed by atoms with E-state index in [1.54, 1.807) is 0 Å². The maximum Gasteiger partial charge on any atom is 0.407 e. The molecule has 3 saturated heterocycles. The van der Waals surface area contributed by atoms with Gasteiger partial charge < -0.3 is 44.8 Å². The van der Waals surface area contributed by atoms with Crippen LogP contribution in [0.5, 0.6) is 0 Å². The zero-order valence-electron chi connectivity index (χ0n) is 42.8. The van der Waals surface area contributed by atoms with Crippen molar-refractivity contribution < 1.29 is 28.7 Å². The highest BCUT2D eigenvalue weighted by molar-refractivity contribution is 6.79. The third-order valence-electron chi connectivity index (χ3n) is 14.7. The molecule has 0 aliphatic carbocycles. The standard InChI is InChI=1S/C52H73N9O6Si2/c1-30(2)44(57-50(64)66-8)48(62)59-28-68(10,11)26-42(59)46-53-36-20-14-32(24-38(36)55-46)40-22-23-41(61(40)35-18-16-34(17-19-35)52(5,6)7)33-15-21-37-39(25-33)56-47(54-37)43-27-69(12,13)29-60(43)49(63)45(31(3)4)58-51(65)67-9/h14-21,24-25,30-31,40-45H,22-23,26-29H2,1-13H3,(H,53,55)(H,54,56)(H,57,64)(H,58,65)/t40-,41-,42+,43+,44+,45+/m1/s1. The molecule has 0 spiro atoms. The molecule has 3 aliphatic rings. The van der Waals surface area contributed by atoms with Crippen molar-refractivity contribution in [3.05, 3.63) is 89.0 Å². The molecular formula is C52H73N9O6Si2. The average Bonchev–Trinajstić information content (AvgIpc) is 4.13. The monoisotopic (exact) mass is 976 g/mol. The zero-order chi connectivity index (χ0) is 49.9. The Labute approximate surface area is 408 Å². The Morgan fingerprint density at radius 3 is 1.41 bits per heavy atom. The summed E-state index contributed by atoms with van der Waals surface area (Å²) in [4.78, 5) is 77.1. The molecule has 3 aromatic carbocycles. The van der Waals surface area contributed by atoms with Crippen molar-refractivity contribution >= 4 is 67.9 Å². The Bertz CT molecular complexity index is 2570. The van der Waals surface area contributed by atoms with Gasteiger partial charge in [0.15, 0.2) is 0 Å². The molecule has 15 nitrogen and oxygen atoms in total. The molecule has 3 aliphatic heterocycles. The number of hydrogen-bond acceptors (Lipinski definition) is 9. The van der Waals surface area contributed by atoms with E-state index in [1.807, 2.05) is 37.5 Å². The summed E-state index contributed by atoms with van der Waals surface area (Å²) >= 11 is 0. The predicted octanol–water partition coefficient (Wildman–Crippen LogP) is 9.84. The minimum absolute atomic E-state index is 0.00457. The van der Waals surface area contributed by atoms with E-state index in [2.05, 4.69) is 133 Å². The van der Waals surface area contributed by atoms with E-state index in [1.165, 1.54) is 30.9 Å². The largest absolute Gasteiger partial charge is 0.453 e. The van der Waals surface area contributed by atoms with Crippen LogP contribution in [0, 0.1) is 11.8 Å². The number of methoxy groups -OCH3 is 2. The molecule has 8 rings (SSSR count). The smallest absolute Gasteiger partial charge is 0.407 e. The summed E-state index contributed by atoms with van der Waals surface area (Å²) in [5.74, 6) is 1.07. The third kappa shape index (κ3) is 10.2. The summed E-state index contributed by atoms with van der Waals surface area (Å²) in [5.41, 5.74) is 8.35. The highest BCUT2D eigenvalue weighted by Crippen LogP contribution is 2.48. The number of hydrogen-bond donors (Lipinski definition) is 4. The molecule has 370 valence electrons. The van der Waals surface area contributed by atoms with Gasteiger partial charge in [-0.05, 0) is 95.3 Å². The lowest BCUT2D eigenvalue weighted by atomic mass is 9.87. The van der Waals surface area contributed by atoms with Crippen molar-refractivity contribution in [2.75, 3.05) is 31.5 Å². The van der Waals surface area contributed by atoms with Crippen LogP contribution in [-0.2, 0) is 24.5 Å². The lowest BCUT2D eigenvalue weighted by Crippen LogP contribution is -2.52. The van der Waals surface area contributed by atoms with Crippen LogP contribution >= 0.6 is 0 Å². The van der Waals surface area contributed by atoms with Gasteiger partial charge in [0, 0.05) is 18.0 Å². The summed E-state index contributed by atoms with van der Waals surface area (Å²) in [6, 6.07) is 22.1. The SMILES string of the molecule is COC(=O)N[C@H](C(=O)N1C[Si](C)(C)C[C@H]1c1nc2ccc([C@H]3CC[C@H](c4ccc5nc([C@@H]6C[Si](C)(C)CN6C(=O)[C@@H](NC(=O)OC)C(C)C)[nH]c5c4)N3c3ccc(C(C)(C)C)cc3)cc2[nH]1)C(C)C. The van der Waals surface area contributed by atoms with Crippen molar-refractivity contribution in [1.82, 2.24) is 40.4 Å². The molecule has 4 N–H and O–H groups in total. The number of imidazole rings is 2. The Morgan fingerprint density at radius 1 is 0.638 bits per heavy atom. The van der Waals surface area contributed by atoms with Crippen LogP contribution < -0.4 is 15.5 Å². The first-order chi connectivity index (χ1) is 32.5. The lowest BCUT2D eigenvalue weighted by molar-refractivity contribution is -0.135. The number of nitrogens with zero attached hydrogens (tertiary/aromatic N) is 5. The molecule has 0 unspecified atom stereocenters. The van der Waals surface area contributed by atoms with Crippen LogP contribution in [-0.4, -0.2) is 109 Å². The van der Waals surface area contributed by atoms with E-state index < -0.39 is 40.4 Å². The highest BCUT2D eigenvalue weighted by Gasteiger charge is 2.48. The quantitative estimate of drug-likeness (QED) is 0.0939. The number of rotatable bonds is 11. The first-order valence-electron chi connectivity index (χ1n) is 24.7. The number of aromatic nitrogens is 4. The van der Waals surface area contributed by atoms with E-state index in [-0.39, 0.29) is 53.2 Å². The molecule has 5 aromatic rings. The highest BCUT2D eigenvalue weighted by atomic mass is 28.3. The van der Waals surface area contributed by atoms with E-state index >= 15 is 0 Å². The molecule has 4 amide bonds. The van der Waals surface area contributed by atoms with Gasteiger partial charge >= 0.3 is 12.2 Å². The summed E-state index contributed by atoms with van der Waals surface area (Å²) in [5, 5.41) is 5.58. The molecule has 6 atom stereocenters. The third-order valence-corrected chi connectivity index (χ3v) is 20.0. The number of carbonyl (C=O) groups is 4. The molecule has 3 fully saturated rings. The van der Waals surface area contributed by atoms with Crippen LogP contribution in [0.15, 0.2) is 60.7 Å². The van der Waals surface area contributed by atoms with Gasteiger partial charge in [0.25, 0.3) is 0 Å². The Morgan fingerprint density at radius 2 is 1.04 bits per heavy atom. The number of benzene rings is 3. The first kappa shape index (κ1) is 49.7. The number of ether oxygens (including phenoxy) is 2. The summed E-state index contributed by atoms with van der Waals surface area (Å²) in [7, 11) is -1.01. The molecule has 0 radical (unpaired) electrons. The number of amides is 4. The molecule has 2 aromatic heterocycles. The number of nitrogens with one attached hydrogen (secondary N) is 4. The number of alkyl carbamates (subject to hydrolysis) is 2. The van der Waals surface area contributed by atoms with Gasteiger partial charge in [-0.25, -0.2) is 19.6 Å². The van der Waals surface area contributed by atoms with E-state index in [9.17, 15) is 19.2 Å². The number of carbonyl (C=O) groups excluding carboxylic acids is 4. The fourth-order valence-corrected chi connectivity index (χ4v) is 16.8. The average molecular weight is 976 g/mol. The normalized spacial score (nSPS) is 22.2. The van der Waals surface area contributed by atoms with Gasteiger partial charge in [0.1, 0.15) is 23.7 Å². The van der Waals surface area contributed by atoms with Gasteiger partial charge in [-0.1, -0.05) is 98.9 Å². The van der Waals surface area contributed by atoms with E-state index in [0.29, 0.717) is 12.3 Å². The first-order valence-corrected chi connectivity index (χ1v) is 31.5. The topological polar surface area (TPSA) is 178 Å². The second-order valence-corrected chi connectivity index (χ2v) is 33.1. The van der Waals surface area contributed by atoms with Crippen LogP contribution in [0.25, 0.3) is 22.1 Å². The minimum Gasteiger partial charge on any atom is -0.453 e. The molecule has 69 heavy (non-hydrogen) atoms. The number of aromatic amines is 2. The number of anilines is 1. The van der Waals surface area contributed by atoms with Gasteiger partial charge in [-0.2, -0.15) is 0 Å². The van der Waals surface area contributed by atoms with Gasteiger partial charge in [-0.15, -0.1) is 0 Å². The fraction of sp³-hybridized carbons (Fsp3) is 0.538. The zero-order valence-corrected chi connectivity index (χ0v) is 44.8. The van der Waals surface area contributed by atoms with Crippen molar-refractivity contribution in [1.29, 1.82) is 0 Å². The molecule has 0 saturated carbocycles. The fourth-order valence-electron chi connectivity index (χ4n) is 11.0. The van der Waals surface area contributed by atoms with Crippen LogP contribution in [0.3, 0.4) is 0 Å². The molecular weight excluding hydrogens is 903 g/mol. The predicted molar refractivity (Wildman–Crippen MR) is 276 cm³/mol. The number of fused-ring (bicyclic) bond motifs is 2. The van der Waals surface area contributed by atoms with Gasteiger partial charge in [0.2, 0.25) is 11.8 Å². The van der Waals surface area contributed by atoms with E-state index in [0.717, 1.165) is 64.3 Å². The summed E-state index contributed by atoms with van der Waals surface area (Å²) in [6.45, 7) is 23.7. The second kappa shape index (κ2) is 18.9. The van der Waals surface area contributed by atoms with Crippen molar-refractivity contribution in [3.63, 3.8) is 0 Å². The summed E-state index contributed by atoms with van der Waals surface area (Å²) < 4.78 is 9.78. The Hall–Kier alpha value is -5.69. The molecule has 17 heteroatoms. The van der Waals surface area contributed by atoms with Crippen molar-refractivity contribution in [3.8, 4) is 0 Å². The minimum atomic E-state index is -1.82. The van der Waals surface area contributed by atoms with Crippen LogP contribution in [0.2, 0.25) is 38.3 Å². The molecule has 5 heterocycles. The van der Waals surface area contributed by atoms with Crippen molar-refractivity contribution in [2.45, 2.75) is 141 Å². The lowest BCUT2D eigenvalue weighted by Gasteiger charge is -2.34. The maximum atomic E-state index is 14.2. The van der Waals surface area contributed by atoms with Crippen LogP contribution in [0.1, 0.15) is 114 Å².